The Morgan fingerprint density at radius 3 is 2.10 bits per heavy atom. The van der Waals surface area contributed by atoms with Gasteiger partial charge < -0.3 is 4.89 Å². The molecule has 0 saturated carbocycles. The zero-order chi connectivity index (χ0) is 8.36. The maximum absolute atomic E-state index is 10.8. The molecule has 60 valence electrons. The molecular weight excluding hydrogens is 151 g/mol. The van der Waals surface area contributed by atoms with E-state index in [-0.39, 0.29) is 17.9 Å². The first-order valence-corrected chi connectivity index (χ1v) is 5.44. The minimum Gasteiger partial charge on any atom is -0.344 e. The molecule has 10 heavy (non-hydrogen) atoms. The van der Waals surface area contributed by atoms with Crippen molar-refractivity contribution in [2.75, 3.05) is 12.8 Å². The molecule has 1 N–H and O–H groups in total. The standard InChI is InChI=1S/C6H13O3P/c1-5(2)6(7)4-10(3,8)9/h5H,4H2,1-3H3,(H,8,9). The van der Waals surface area contributed by atoms with Crippen molar-refractivity contribution in [2.24, 2.45) is 5.92 Å². The molecular formula is C6H13O3P. The van der Waals surface area contributed by atoms with Gasteiger partial charge in [-0.15, -0.1) is 0 Å². The largest absolute Gasteiger partial charge is 0.344 e. The maximum atomic E-state index is 10.8. The van der Waals surface area contributed by atoms with E-state index in [0.717, 1.165) is 0 Å². The lowest BCUT2D eigenvalue weighted by atomic mass is 10.1. The lowest BCUT2D eigenvalue weighted by molar-refractivity contribution is -0.119. The third kappa shape index (κ3) is 4.71. The van der Waals surface area contributed by atoms with E-state index in [1.54, 1.807) is 13.8 Å². The molecule has 0 aromatic carbocycles. The summed E-state index contributed by atoms with van der Waals surface area (Å²) < 4.78 is 10.7. The SMILES string of the molecule is CC(C)C(=O)CP(C)(=O)O. The molecule has 0 aliphatic heterocycles. The van der Waals surface area contributed by atoms with Crippen LogP contribution in [-0.2, 0) is 9.36 Å². The molecule has 0 radical (unpaired) electrons. The number of carbonyl (C=O) groups excluding carboxylic acids is 1. The number of ketones is 1. The van der Waals surface area contributed by atoms with E-state index in [9.17, 15) is 9.36 Å². The zero-order valence-electron chi connectivity index (χ0n) is 6.50. The van der Waals surface area contributed by atoms with Gasteiger partial charge in [0, 0.05) is 12.6 Å². The van der Waals surface area contributed by atoms with Gasteiger partial charge >= 0.3 is 0 Å². The number of rotatable bonds is 3. The molecule has 1 atom stereocenters. The second-order valence-electron chi connectivity index (χ2n) is 2.83. The third-order valence-electron chi connectivity index (χ3n) is 1.09. The van der Waals surface area contributed by atoms with Crippen molar-refractivity contribution in [1.29, 1.82) is 0 Å². The van der Waals surface area contributed by atoms with Gasteiger partial charge in [0.2, 0.25) is 7.37 Å². The summed E-state index contributed by atoms with van der Waals surface area (Å²) >= 11 is 0. The monoisotopic (exact) mass is 164 g/mol. The summed E-state index contributed by atoms with van der Waals surface area (Å²) in [6.07, 6.45) is -0.190. The second-order valence-corrected chi connectivity index (χ2v) is 5.25. The Morgan fingerprint density at radius 1 is 1.60 bits per heavy atom. The van der Waals surface area contributed by atoms with Crippen molar-refractivity contribution < 1.29 is 14.3 Å². The third-order valence-corrected chi connectivity index (χ3v) is 1.99. The number of Topliss-reactive ketones (excluding diaryl/α,β-unsaturated/α-hetero) is 1. The topological polar surface area (TPSA) is 54.4 Å². The molecule has 0 fully saturated rings. The van der Waals surface area contributed by atoms with Crippen LogP contribution in [0.4, 0.5) is 0 Å². The van der Waals surface area contributed by atoms with Crippen LogP contribution in [0.25, 0.3) is 0 Å². The molecule has 0 amide bonds. The molecule has 1 unspecified atom stereocenters. The Balaban J connectivity index is 3.94. The van der Waals surface area contributed by atoms with Crippen molar-refractivity contribution in [2.45, 2.75) is 13.8 Å². The van der Waals surface area contributed by atoms with Gasteiger partial charge in [0.05, 0.1) is 6.16 Å². The summed E-state index contributed by atoms with van der Waals surface area (Å²) in [4.78, 5) is 19.6. The molecule has 4 heteroatoms. The second kappa shape index (κ2) is 3.31. The number of carbonyl (C=O) groups is 1. The summed E-state index contributed by atoms with van der Waals surface area (Å²) in [6.45, 7) is 4.64. The Bertz CT molecular complexity index is 168. The van der Waals surface area contributed by atoms with E-state index in [4.69, 9.17) is 4.89 Å². The van der Waals surface area contributed by atoms with Gasteiger partial charge in [-0.25, -0.2) is 0 Å². The van der Waals surface area contributed by atoms with Crippen molar-refractivity contribution >= 4 is 13.2 Å². The number of hydrogen-bond donors (Lipinski definition) is 1. The minimum absolute atomic E-state index is 0.138. The van der Waals surface area contributed by atoms with E-state index >= 15 is 0 Å². The van der Waals surface area contributed by atoms with E-state index < -0.39 is 7.37 Å². The zero-order valence-corrected chi connectivity index (χ0v) is 7.39. The first-order chi connectivity index (χ1) is 4.33. The highest BCUT2D eigenvalue weighted by molar-refractivity contribution is 7.58. The Morgan fingerprint density at radius 2 is 2.00 bits per heavy atom. The van der Waals surface area contributed by atoms with Crippen molar-refractivity contribution in [3.63, 3.8) is 0 Å². The predicted octanol–water partition coefficient (Wildman–Crippen LogP) is 1.11. The Kier molecular flexibility index (Phi) is 3.26. The van der Waals surface area contributed by atoms with Gasteiger partial charge in [-0.3, -0.25) is 9.36 Å². The van der Waals surface area contributed by atoms with Crippen LogP contribution in [0.5, 0.6) is 0 Å². The average molecular weight is 164 g/mol. The van der Waals surface area contributed by atoms with Crippen LogP contribution in [0.15, 0.2) is 0 Å². The molecule has 0 saturated heterocycles. The summed E-state index contributed by atoms with van der Waals surface area (Å²) in [7, 11) is -3.13. The number of hydrogen-bond acceptors (Lipinski definition) is 2. The molecule has 0 spiro atoms. The van der Waals surface area contributed by atoms with Gasteiger partial charge in [-0.05, 0) is 0 Å². The highest BCUT2D eigenvalue weighted by atomic mass is 31.2. The molecule has 0 aromatic rings. The fourth-order valence-corrected chi connectivity index (χ4v) is 1.42. The van der Waals surface area contributed by atoms with Crippen molar-refractivity contribution in [3.05, 3.63) is 0 Å². The summed E-state index contributed by atoms with van der Waals surface area (Å²) in [5.41, 5.74) is 0. The highest BCUT2D eigenvalue weighted by Crippen LogP contribution is 2.35. The van der Waals surface area contributed by atoms with E-state index in [1.807, 2.05) is 0 Å². The average Bonchev–Trinajstić information content (AvgIpc) is 1.60. The van der Waals surface area contributed by atoms with Crippen LogP contribution < -0.4 is 0 Å². The Labute approximate surface area is 60.9 Å². The smallest absolute Gasteiger partial charge is 0.204 e. The highest BCUT2D eigenvalue weighted by Gasteiger charge is 2.17. The molecule has 0 aromatic heterocycles. The molecule has 0 heterocycles. The molecule has 0 rings (SSSR count). The fourth-order valence-electron chi connectivity index (χ4n) is 0.472. The van der Waals surface area contributed by atoms with Gasteiger partial charge in [-0.2, -0.15) is 0 Å². The van der Waals surface area contributed by atoms with Crippen LogP contribution in [0.3, 0.4) is 0 Å². The van der Waals surface area contributed by atoms with E-state index in [2.05, 4.69) is 0 Å². The first kappa shape index (κ1) is 9.86. The van der Waals surface area contributed by atoms with Crippen LogP contribution in [0.1, 0.15) is 13.8 Å². The van der Waals surface area contributed by atoms with Gasteiger partial charge in [0.1, 0.15) is 5.78 Å². The molecule has 3 nitrogen and oxygen atoms in total. The summed E-state index contributed by atoms with van der Waals surface area (Å²) in [5.74, 6) is -0.284. The van der Waals surface area contributed by atoms with E-state index in [0.29, 0.717) is 0 Å². The van der Waals surface area contributed by atoms with Crippen LogP contribution in [0, 0.1) is 5.92 Å². The van der Waals surface area contributed by atoms with Gasteiger partial charge in [0.15, 0.2) is 0 Å². The van der Waals surface area contributed by atoms with Crippen LogP contribution >= 0.6 is 7.37 Å². The predicted molar refractivity (Wildman–Crippen MR) is 40.5 cm³/mol. The van der Waals surface area contributed by atoms with Crippen molar-refractivity contribution in [1.82, 2.24) is 0 Å². The van der Waals surface area contributed by atoms with E-state index in [1.165, 1.54) is 6.66 Å². The summed E-state index contributed by atoms with van der Waals surface area (Å²) in [6, 6.07) is 0. The lowest BCUT2D eigenvalue weighted by Crippen LogP contribution is -2.11. The lowest BCUT2D eigenvalue weighted by Gasteiger charge is -2.05. The van der Waals surface area contributed by atoms with Crippen LogP contribution in [0.2, 0.25) is 0 Å². The van der Waals surface area contributed by atoms with Gasteiger partial charge in [0.25, 0.3) is 0 Å². The molecule has 0 bridgehead atoms. The normalized spacial score (nSPS) is 16.9. The first-order valence-electron chi connectivity index (χ1n) is 3.15. The minimum atomic E-state index is -3.13. The molecule has 0 aliphatic rings. The Hall–Kier alpha value is -0.140. The van der Waals surface area contributed by atoms with Crippen molar-refractivity contribution in [3.8, 4) is 0 Å². The fraction of sp³-hybridized carbons (Fsp3) is 0.833. The van der Waals surface area contributed by atoms with Gasteiger partial charge in [-0.1, -0.05) is 13.8 Å². The molecule has 0 aliphatic carbocycles. The maximum Gasteiger partial charge on any atom is 0.204 e. The summed E-state index contributed by atoms with van der Waals surface area (Å²) in [5, 5.41) is 0. The van der Waals surface area contributed by atoms with Crippen LogP contribution in [-0.4, -0.2) is 23.5 Å². The quantitative estimate of drug-likeness (QED) is 0.635.